The van der Waals surface area contributed by atoms with Crippen molar-refractivity contribution in [2.24, 2.45) is 0 Å². The van der Waals surface area contributed by atoms with E-state index in [1.807, 2.05) is 18.2 Å². The van der Waals surface area contributed by atoms with Crippen molar-refractivity contribution < 1.29 is 14.6 Å². The molecule has 0 bridgehead atoms. The van der Waals surface area contributed by atoms with Gasteiger partial charge in [-0.1, -0.05) is 12.1 Å². The van der Waals surface area contributed by atoms with Gasteiger partial charge in [-0.3, -0.25) is 4.90 Å². The van der Waals surface area contributed by atoms with Crippen LogP contribution in [0.2, 0.25) is 0 Å². The summed E-state index contributed by atoms with van der Waals surface area (Å²) >= 11 is 0. The van der Waals surface area contributed by atoms with E-state index in [0.717, 1.165) is 38.4 Å². The number of aliphatic hydroxyl groups is 1. The Labute approximate surface area is 108 Å². The van der Waals surface area contributed by atoms with Gasteiger partial charge in [0.15, 0.2) is 0 Å². The van der Waals surface area contributed by atoms with Gasteiger partial charge >= 0.3 is 0 Å². The Balaban J connectivity index is 1.91. The van der Waals surface area contributed by atoms with E-state index in [4.69, 9.17) is 14.6 Å². The fraction of sp³-hybridized carbons (Fsp3) is 0.571. The summed E-state index contributed by atoms with van der Waals surface area (Å²) in [6, 6.07) is 8.09. The third kappa shape index (κ3) is 3.70. The van der Waals surface area contributed by atoms with Crippen LogP contribution in [-0.4, -0.2) is 56.1 Å². The van der Waals surface area contributed by atoms with Crippen molar-refractivity contribution in [3.8, 4) is 5.75 Å². The van der Waals surface area contributed by atoms with Gasteiger partial charge in [0.1, 0.15) is 5.75 Å². The summed E-state index contributed by atoms with van der Waals surface area (Å²) in [5.41, 5.74) is 1.23. The summed E-state index contributed by atoms with van der Waals surface area (Å²) in [6.45, 7) is 3.49. The third-order valence-corrected chi connectivity index (χ3v) is 3.24. The maximum atomic E-state index is 8.96. The van der Waals surface area contributed by atoms with E-state index in [0.29, 0.717) is 0 Å². The number of methoxy groups -OCH3 is 1. The highest BCUT2D eigenvalue weighted by molar-refractivity contribution is 5.28. The van der Waals surface area contributed by atoms with Gasteiger partial charge in [-0.05, 0) is 17.7 Å². The van der Waals surface area contributed by atoms with Gasteiger partial charge in [-0.2, -0.15) is 0 Å². The van der Waals surface area contributed by atoms with Crippen LogP contribution in [0.15, 0.2) is 24.3 Å². The zero-order valence-electron chi connectivity index (χ0n) is 10.8. The molecule has 100 valence electrons. The van der Waals surface area contributed by atoms with E-state index < -0.39 is 0 Å². The van der Waals surface area contributed by atoms with E-state index in [-0.39, 0.29) is 12.7 Å². The molecule has 1 fully saturated rings. The molecule has 4 heteroatoms. The molecule has 1 heterocycles. The number of aliphatic hydroxyl groups excluding tert-OH is 1. The first-order valence-electron chi connectivity index (χ1n) is 6.39. The molecule has 1 unspecified atom stereocenters. The molecule has 1 N–H and O–H groups in total. The minimum atomic E-state index is 0.206. The normalized spacial score (nSPS) is 20.9. The summed E-state index contributed by atoms with van der Waals surface area (Å²) in [7, 11) is 1.68. The molecule has 1 saturated heterocycles. The Morgan fingerprint density at radius 1 is 1.50 bits per heavy atom. The number of nitrogens with zero attached hydrogens (tertiary/aromatic N) is 1. The lowest BCUT2D eigenvalue weighted by molar-refractivity contribution is -0.0314. The molecule has 1 atom stereocenters. The summed E-state index contributed by atoms with van der Waals surface area (Å²) in [4.78, 5) is 2.24. The van der Waals surface area contributed by atoms with E-state index in [1.54, 1.807) is 7.11 Å². The standard InChI is InChI=1S/C14H21NO3/c1-17-13-4-2-3-12(9-13)10-14-11-15(5-7-16)6-8-18-14/h2-4,9,14,16H,5-8,10-11H2,1H3. The van der Waals surface area contributed by atoms with Crippen LogP contribution in [0.25, 0.3) is 0 Å². The van der Waals surface area contributed by atoms with Crippen LogP contribution in [0.4, 0.5) is 0 Å². The smallest absolute Gasteiger partial charge is 0.119 e. The fourth-order valence-electron chi connectivity index (χ4n) is 2.31. The number of hydrogen-bond acceptors (Lipinski definition) is 4. The molecule has 0 aliphatic carbocycles. The van der Waals surface area contributed by atoms with Gasteiger partial charge in [-0.15, -0.1) is 0 Å². The second kappa shape index (κ2) is 6.73. The minimum Gasteiger partial charge on any atom is -0.497 e. The van der Waals surface area contributed by atoms with Crippen molar-refractivity contribution in [1.82, 2.24) is 4.90 Å². The van der Waals surface area contributed by atoms with Crippen molar-refractivity contribution in [3.63, 3.8) is 0 Å². The van der Waals surface area contributed by atoms with Crippen LogP contribution in [0.3, 0.4) is 0 Å². The highest BCUT2D eigenvalue weighted by Crippen LogP contribution is 2.16. The van der Waals surface area contributed by atoms with Gasteiger partial charge in [0.05, 0.1) is 26.4 Å². The number of hydrogen-bond donors (Lipinski definition) is 1. The molecule has 2 rings (SSSR count). The monoisotopic (exact) mass is 251 g/mol. The summed E-state index contributed by atoms with van der Waals surface area (Å²) in [5, 5.41) is 8.96. The van der Waals surface area contributed by atoms with E-state index in [2.05, 4.69) is 11.0 Å². The molecule has 0 saturated carbocycles. The lowest BCUT2D eigenvalue weighted by Gasteiger charge is -2.32. The van der Waals surface area contributed by atoms with Gasteiger partial charge in [0.2, 0.25) is 0 Å². The number of β-amino-alcohol motifs (C(OH)–C–C–N with tert-alkyl or cyclic N) is 1. The third-order valence-electron chi connectivity index (χ3n) is 3.24. The van der Waals surface area contributed by atoms with Crippen LogP contribution in [0.5, 0.6) is 5.75 Å². The van der Waals surface area contributed by atoms with E-state index >= 15 is 0 Å². The van der Waals surface area contributed by atoms with Gasteiger partial charge in [0.25, 0.3) is 0 Å². The summed E-state index contributed by atoms with van der Waals surface area (Å²) in [5.74, 6) is 0.885. The Kier molecular flexibility index (Phi) is 4.99. The SMILES string of the molecule is COc1cccc(CC2CN(CCO)CCO2)c1. The fourth-order valence-corrected chi connectivity index (χ4v) is 2.31. The average Bonchev–Trinajstić information content (AvgIpc) is 2.40. The predicted octanol–water partition coefficient (Wildman–Crippen LogP) is 0.931. The molecule has 1 aliphatic rings. The van der Waals surface area contributed by atoms with Crippen LogP contribution < -0.4 is 4.74 Å². The van der Waals surface area contributed by atoms with Crippen LogP contribution >= 0.6 is 0 Å². The molecule has 1 aromatic rings. The Morgan fingerprint density at radius 3 is 3.17 bits per heavy atom. The highest BCUT2D eigenvalue weighted by atomic mass is 16.5. The zero-order valence-corrected chi connectivity index (χ0v) is 10.8. The predicted molar refractivity (Wildman–Crippen MR) is 70.0 cm³/mol. The molecule has 18 heavy (non-hydrogen) atoms. The zero-order chi connectivity index (χ0) is 12.8. The maximum Gasteiger partial charge on any atom is 0.119 e. The molecule has 1 aliphatic heterocycles. The minimum absolute atomic E-state index is 0.206. The summed E-state index contributed by atoms with van der Waals surface area (Å²) < 4.78 is 11.0. The molecule has 4 nitrogen and oxygen atoms in total. The van der Waals surface area contributed by atoms with Crippen LogP contribution in [0, 0.1) is 0 Å². The summed E-state index contributed by atoms with van der Waals surface area (Å²) in [6.07, 6.45) is 1.09. The van der Waals surface area contributed by atoms with Crippen molar-refractivity contribution in [2.75, 3.05) is 40.0 Å². The molecule has 0 amide bonds. The Bertz CT molecular complexity index is 368. The lowest BCUT2D eigenvalue weighted by atomic mass is 10.1. The number of morpholine rings is 1. The molecule has 0 aromatic heterocycles. The van der Waals surface area contributed by atoms with Crippen LogP contribution in [0.1, 0.15) is 5.56 Å². The maximum absolute atomic E-state index is 8.96. The second-order valence-electron chi connectivity index (χ2n) is 4.57. The largest absolute Gasteiger partial charge is 0.497 e. The molecule has 1 aromatic carbocycles. The average molecular weight is 251 g/mol. The van der Waals surface area contributed by atoms with Crippen molar-refractivity contribution in [2.45, 2.75) is 12.5 Å². The van der Waals surface area contributed by atoms with E-state index in [9.17, 15) is 0 Å². The van der Waals surface area contributed by atoms with Crippen LogP contribution in [-0.2, 0) is 11.2 Å². The van der Waals surface area contributed by atoms with E-state index in [1.165, 1.54) is 5.56 Å². The number of benzene rings is 1. The molecular formula is C14H21NO3. The quantitative estimate of drug-likeness (QED) is 0.845. The van der Waals surface area contributed by atoms with Gasteiger partial charge in [-0.25, -0.2) is 0 Å². The molecule has 0 spiro atoms. The second-order valence-corrected chi connectivity index (χ2v) is 4.57. The van der Waals surface area contributed by atoms with Crippen molar-refractivity contribution in [3.05, 3.63) is 29.8 Å². The molecule has 0 radical (unpaired) electrons. The number of rotatable bonds is 5. The first-order chi connectivity index (χ1) is 8.81. The Hall–Kier alpha value is -1.10. The van der Waals surface area contributed by atoms with Gasteiger partial charge in [0, 0.05) is 26.1 Å². The number of ether oxygens (including phenoxy) is 2. The van der Waals surface area contributed by atoms with Crippen molar-refractivity contribution >= 4 is 0 Å². The lowest BCUT2D eigenvalue weighted by Crippen LogP contribution is -2.44. The molecular weight excluding hydrogens is 230 g/mol. The Morgan fingerprint density at radius 2 is 2.39 bits per heavy atom. The van der Waals surface area contributed by atoms with Crippen molar-refractivity contribution in [1.29, 1.82) is 0 Å². The first kappa shape index (κ1) is 13.3. The topological polar surface area (TPSA) is 41.9 Å². The first-order valence-corrected chi connectivity index (χ1v) is 6.39. The van der Waals surface area contributed by atoms with Gasteiger partial charge < -0.3 is 14.6 Å². The highest BCUT2D eigenvalue weighted by Gasteiger charge is 2.20.